The van der Waals surface area contributed by atoms with E-state index in [0.717, 1.165) is 5.56 Å². The molecule has 2 rings (SSSR count). The van der Waals surface area contributed by atoms with Crippen LogP contribution in [0.2, 0.25) is 5.02 Å². The van der Waals surface area contributed by atoms with Crippen molar-refractivity contribution in [1.29, 1.82) is 0 Å². The van der Waals surface area contributed by atoms with Gasteiger partial charge in [-0.25, -0.2) is 9.82 Å². The van der Waals surface area contributed by atoms with Crippen LogP contribution in [0.3, 0.4) is 0 Å². The fraction of sp³-hybridized carbons (Fsp3) is 0.125. The Balaban J connectivity index is 2.14. The number of benzene rings is 2. The molecule has 1 amide bonds. The highest BCUT2D eigenvalue weighted by molar-refractivity contribution is 6.31. The predicted octanol–water partition coefficient (Wildman–Crippen LogP) is 4.02. The molecule has 2 aromatic rings. The predicted molar refractivity (Wildman–Crippen MR) is 82.1 cm³/mol. The van der Waals surface area contributed by atoms with Gasteiger partial charge in [0.25, 0.3) is 5.91 Å². The summed E-state index contributed by atoms with van der Waals surface area (Å²) in [4.78, 5) is 11.9. The molecule has 0 aromatic heterocycles. The molecule has 0 aliphatic rings. The Morgan fingerprint density at radius 2 is 1.90 bits per heavy atom. The number of hydrogen-bond acceptors (Lipinski definition) is 2. The van der Waals surface area contributed by atoms with E-state index in [1.807, 2.05) is 19.1 Å². The van der Waals surface area contributed by atoms with Crippen LogP contribution >= 0.6 is 11.6 Å². The van der Waals surface area contributed by atoms with Crippen LogP contribution in [-0.4, -0.2) is 11.6 Å². The van der Waals surface area contributed by atoms with E-state index >= 15 is 0 Å². The summed E-state index contributed by atoms with van der Waals surface area (Å²) < 4.78 is 12.8. The quantitative estimate of drug-likeness (QED) is 0.672. The van der Waals surface area contributed by atoms with Crippen LogP contribution in [0.15, 0.2) is 53.6 Å². The van der Waals surface area contributed by atoms with Crippen molar-refractivity contribution < 1.29 is 9.18 Å². The van der Waals surface area contributed by atoms with Gasteiger partial charge in [0.1, 0.15) is 5.82 Å². The van der Waals surface area contributed by atoms with Crippen molar-refractivity contribution in [2.45, 2.75) is 13.3 Å². The maximum absolute atomic E-state index is 12.8. The third-order valence-corrected chi connectivity index (χ3v) is 3.13. The largest absolute Gasteiger partial charge is 0.271 e. The highest BCUT2D eigenvalue weighted by Gasteiger charge is 2.06. The lowest BCUT2D eigenvalue weighted by Gasteiger charge is -2.06. The summed E-state index contributed by atoms with van der Waals surface area (Å²) in [6, 6.07) is 12.5. The summed E-state index contributed by atoms with van der Waals surface area (Å²) in [7, 11) is 0. The average molecular weight is 305 g/mol. The molecule has 0 saturated carbocycles. The molecule has 0 saturated heterocycles. The highest BCUT2D eigenvalue weighted by Crippen LogP contribution is 2.13. The van der Waals surface area contributed by atoms with Crippen molar-refractivity contribution in [2.75, 3.05) is 0 Å². The van der Waals surface area contributed by atoms with E-state index in [9.17, 15) is 9.18 Å². The SMILES string of the molecule is CC/C(=N\NC(=O)c1ccc(F)cc1)c1cccc(Cl)c1. The maximum atomic E-state index is 12.8. The van der Waals surface area contributed by atoms with Crippen molar-refractivity contribution in [3.63, 3.8) is 0 Å². The minimum atomic E-state index is -0.386. The van der Waals surface area contributed by atoms with E-state index in [4.69, 9.17) is 11.6 Å². The summed E-state index contributed by atoms with van der Waals surface area (Å²) in [5.74, 6) is -0.772. The van der Waals surface area contributed by atoms with Crippen LogP contribution in [0.5, 0.6) is 0 Å². The topological polar surface area (TPSA) is 41.5 Å². The first-order valence-corrected chi connectivity index (χ1v) is 6.86. The smallest absolute Gasteiger partial charge is 0.267 e. The van der Waals surface area contributed by atoms with Crippen molar-refractivity contribution in [2.24, 2.45) is 5.10 Å². The molecule has 0 fully saturated rings. The summed E-state index contributed by atoms with van der Waals surface area (Å²) >= 11 is 5.94. The van der Waals surface area contributed by atoms with E-state index in [-0.39, 0.29) is 11.7 Å². The van der Waals surface area contributed by atoms with E-state index in [1.165, 1.54) is 24.3 Å². The van der Waals surface area contributed by atoms with Gasteiger partial charge in [0.2, 0.25) is 0 Å². The fourth-order valence-electron chi connectivity index (χ4n) is 1.80. The second-order valence-corrected chi connectivity index (χ2v) is 4.81. The summed E-state index contributed by atoms with van der Waals surface area (Å²) in [6.07, 6.45) is 0.643. The van der Waals surface area contributed by atoms with Gasteiger partial charge in [-0.1, -0.05) is 30.7 Å². The van der Waals surface area contributed by atoms with Crippen molar-refractivity contribution >= 4 is 23.2 Å². The third-order valence-electron chi connectivity index (χ3n) is 2.89. The zero-order valence-electron chi connectivity index (χ0n) is 11.4. The Morgan fingerprint density at radius 3 is 2.52 bits per heavy atom. The van der Waals surface area contributed by atoms with Crippen LogP contribution < -0.4 is 5.43 Å². The lowest BCUT2D eigenvalue weighted by atomic mass is 10.1. The van der Waals surface area contributed by atoms with Crippen LogP contribution in [0.25, 0.3) is 0 Å². The van der Waals surface area contributed by atoms with Gasteiger partial charge in [0.15, 0.2) is 0 Å². The molecule has 0 atom stereocenters. The van der Waals surface area contributed by atoms with Crippen LogP contribution in [-0.2, 0) is 0 Å². The summed E-state index contributed by atoms with van der Waals surface area (Å²) in [5.41, 5.74) is 4.39. The molecule has 0 heterocycles. The first-order valence-electron chi connectivity index (χ1n) is 6.48. The molecule has 0 aliphatic heterocycles. The normalized spacial score (nSPS) is 11.3. The third kappa shape index (κ3) is 4.13. The van der Waals surface area contributed by atoms with Gasteiger partial charge in [-0.05, 0) is 48.4 Å². The number of amides is 1. The van der Waals surface area contributed by atoms with Crippen LogP contribution in [0.4, 0.5) is 4.39 Å². The Bertz CT molecular complexity index is 668. The number of carbonyl (C=O) groups is 1. The highest BCUT2D eigenvalue weighted by atomic mass is 35.5. The van der Waals surface area contributed by atoms with E-state index in [0.29, 0.717) is 22.7 Å². The van der Waals surface area contributed by atoms with E-state index in [2.05, 4.69) is 10.5 Å². The Labute approximate surface area is 127 Å². The van der Waals surface area contributed by atoms with Crippen molar-refractivity contribution in [3.8, 4) is 0 Å². The van der Waals surface area contributed by atoms with Gasteiger partial charge in [0.05, 0.1) is 5.71 Å². The number of halogens is 2. The van der Waals surface area contributed by atoms with Gasteiger partial charge in [0, 0.05) is 10.6 Å². The van der Waals surface area contributed by atoms with Crippen LogP contribution in [0, 0.1) is 5.82 Å². The molecule has 3 nitrogen and oxygen atoms in total. The van der Waals surface area contributed by atoms with Gasteiger partial charge >= 0.3 is 0 Å². The number of rotatable bonds is 4. The minimum absolute atomic E-state index is 0.349. The summed E-state index contributed by atoms with van der Waals surface area (Å²) in [6.45, 7) is 1.93. The first kappa shape index (κ1) is 15.2. The second kappa shape index (κ2) is 6.99. The lowest BCUT2D eigenvalue weighted by molar-refractivity contribution is 0.0955. The van der Waals surface area contributed by atoms with Gasteiger partial charge in [-0.15, -0.1) is 0 Å². The molecular formula is C16H14ClFN2O. The minimum Gasteiger partial charge on any atom is -0.267 e. The molecule has 0 aliphatic carbocycles. The Hall–Kier alpha value is -2.20. The number of carbonyl (C=O) groups excluding carboxylic acids is 1. The molecule has 0 bridgehead atoms. The molecule has 108 valence electrons. The molecule has 5 heteroatoms. The van der Waals surface area contributed by atoms with E-state index in [1.54, 1.807) is 12.1 Å². The lowest BCUT2D eigenvalue weighted by Crippen LogP contribution is -2.20. The van der Waals surface area contributed by atoms with Crippen molar-refractivity contribution in [3.05, 3.63) is 70.5 Å². The zero-order valence-corrected chi connectivity index (χ0v) is 12.2. The van der Waals surface area contributed by atoms with Crippen LogP contribution in [0.1, 0.15) is 29.3 Å². The van der Waals surface area contributed by atoms with Crippen molar-refractivity contribution in [1.82, 2.24) is 5.43 Å². The standard InChI is InChI=1S/C16H14ClFN2O/c1-2-15(12-4-3-5-13(17)10-12)19-20-16(21)11-6-8-14(18)9-7-11/h3-10H,2H2,1H3,(H,20,21)/b19-15+. The Kier molecular flexibility index (Phi) is 5.06. The molecule has 2 aromatic carbocycles. The zero-order chi connectivity index (χ0) is 15.2. The number of nitrogens with zero attached hydrogens (tertiary/aromatic N) is 1. The average Bonchev–Trinajstić information content (AvgIpc) is 2.48. The molecule has 0 spiro atoms. The van der Waals surface area contributed by atoms with Gasteiger partial charge in [-0.2, -0.15) is 5.10 Å². The monoisotopic (exact) mass is 304 g/mol. The fourth-order valence-corrected chi connectivity index (χ4v) is 1.99. The molecule has 1 N–H and O–H groups in total. The number of hydrogen-bond donors (Lipinski definition) is 1. The van der Waals surface area contributed by atoms with E-state index < -0.39 is 0 Å². The molecule has 0 unspecified atom stereocenters. The number of hydrazone groups is 1. The molecule has 21 heavy (non-hydrogen) atoms. The number of nitrogens with one attached hydrogen (secondary N) is 1. The second-order valence-electron chi connectivity index (χ2n) is 4.37. The Morgan fingerprint density at radius 1 is 1.19 bits per heavy atom. The molecule has 0 radical (unpaired) electrons. The van der Waals surface area contributed by atoms with Gasteiger partial charge < -0.3 is 0 Å². The maximum Gasteiger partial charge on any atom is 0.271 e. The molecular weight excluding hydrogens is 291 g/mol. The first-order chi connectivity index (χ1) is 10.1. The summed E-state index contributed by atoms with van der Waals surface area (Å²) in [5, 5.41) is 4.73. The van der Waals surface area contributed by atoms with Gasteiger partial charge in [-0.3, -0.25) is 4.79 Å².